The van der Waals surface area contributed by atoms with Crippen LogP contribution in [0, 0.1) is 0 Å². The van der Waals surface area contributed by atoms with Gasteiger partial charge in [0.1, 0.15) is 17.1 Å². The van der Waals surface area contributed by atoms with Crippen molar-refractivity contribution in [2.75, 3.05) is 23.7 Å². The summed E-state index contributed by atoms with van der Waals surface area (Å²) in [5, 5.41) is 19.9. The van der Waals surface area contributed by atoms with Crippen LogP contribution in [-0.2, 0) is 6.42 Å². The van der Waals surface area contributed by atoms with Gasteiger partial charge >= 0.3 is 0 Å². The van der Waals surface area contributed by atoms with Crippen molar-refractivity contribution in [3.8, 4) is 23.0 Å². The van der Waals surface area contributed by atoms with Gasteiger partial charge in [0.25, 0.3) is 0 Å². The zero-order chi connectivity index (χ0) is 23.0. The average Bonchev–Trinajstić information content (AvgIpc) is 3.28. The van der Waals surface area contributed by atoms with Crippen LogP contribution in [0.3, 0.4) is 0 Å². The van der Waals surface area contributed by atoms with Gasteiger partial charge in [-0.2, -0.15) is 0 Å². The van der Waals surface area contributed by atoms with E-state index in [-0.39, 0.29) is 23.0 Å². The van der Waals surface area contributed by atoms with Crippen molar-refractivity contribution in [1.82, 2.24) is 25.1 Å². The van der Waals surface area contributed by atoms with Gasteiger partial charge in [-0.3, -0.25) is 18.4 Å². The molecular formula is C22H24N6O4S. The lowest BCUT2D eigenvalue weighted by atomic mass is 10.1. The largest absolute Gasteiger partial charge is 0.504 e. The number of H-pyrrole nitrogens is 1. The third-order valence-electron chi connectivity index (χ3n) is 5.60. The number of aromatic amines is 1. The Morgan fingerprint density at radius 1 is 1.15 bits per heavy atom. The van der Waals surface area contributed by atoms with E-state index in [2.05, 4.69) is 25.1 Å². The molecule has 172 valence electrons. The van der Waals surface area contributed by atoms with E-state index >= 15 is 0 Å². The Balaban J connectivity index is 1.57. The Kier molecular flexibility index (Phi) is 5.52. The Morgan fingerprint density at radius 3 is 2.85 bits per heavy atom. The molecule has 33 heavy (non-hydrogen) atoms. The molecule has 0 radical (unpaired) electrons. The summed E-state index contributed by atoms with van der Waals surface area (Å²) in [6.45, 7) is 0.445. The Labute approximate surface area is 191 Å². The minimum Gasteiger partial charge on any atom is -0.504 e. The van der Waals surface area contributed by atoms with E-state index in [0.29, 0.717) is 35.5 Å². The van der Waals surface area contributed by atoms with Crippen LogP contribution in [0.1, 0.15) is 24.2 Å². The minimum absolute atomic E-state index is 0.146. The molecule has 0 atom stereocenters. The van der Waals surface area contributed by atoms with Crippen LogP contribution in [0.5, 0.6) is 11.5 Å². The zero-order valence-electron chi connectivity index (χ0n) is 18.0. The number of hydrogen-bond acceptors (Lipinski definition) is 9. The summed E-state index contributed by atoms with van der Waals surface area (Å²) >= 11 is 0. The number of anilines is 1. The van der Waals surface area contributed by atoms with Crippen LogP contribution in [0.15, 0.2) is 42.6 Å². The molecule has 1 aliphatic rings. The lowest BCUT2D eigenvalue weighted by Gasteiger charge is -2.47. The minimum atomic E-state index is -3.02. The molecule has 1 fully saturated rings. The number of rotatable bonds is 5. The molecule has 5 rings (SSSR count). The summed E-state index contributed by atoms with van der Waals surface area (Å²) in [6.07, 6.45) is 3.59. The molecule has 1 saturated heterocycles. The van der Waals surface area contributed by atoms with E-state index in [1.165, 1.54) is 4.31 Å². The quantitative estimate of drug-likeness (QED) is 0.342. The van der Waals surface area contributed by atoms with Crippen molar-refractivity contribution in [3.05, 3.63) is 54.0 Å². The van der Waals surface area contributed by atoms with Gasteiger partial charge in [0, 0.05) is 24.5 Å². The standard InChI is InChI=1S/C22H24N6O4S/c1-32-15-7-4-6-14(12-15)13-17-24-21(27-26-17)19-20(29)18-16(8-5-9-23-18)22(25-19)28-10-2-3-11-33(28,30)31/h4-9,12,29-31H,2-3,10-11,13H2,1H3,(H,24,26,27). The Bertz CT molecular complexity index is 1310. The summed E-state index contributed by atoms with van der Waals surface area (Å²) in [5.74, 6) is 2.09. The van der Waals surface area contributed by atoms with Crippen LogP contribution in [0.25, 0.3) is 22.4 Å². The summed E-state index contributed by atoms with van der Waals surface area (Å²) in [7, 11) is -1.40. The molecule has 1 aromatic carbocycles. The summed E-state index contributed by atoms with van der Waals surface area (Å²) in [4.78, 5) is 12.1. The molecule has 0 amide bonds. The number of hydrogen-bond donors (Lipinski definition) is 4. The van der Waals surface area contributed by atoms with Gasteiger partial charge in [0.15, 0.2) is 23.1 Å². The predicted octanol–water partition coefficient (Wildman–Crippen LogP) is 3.99. The third kappa shape index (κ3) is 4.06. The van der Waals surface area contributed by atoms with Crippen molar-refractivity contribution in [1.29, 1.82) is 0 Å². The van der Waals surface area contributed by atoms with Gasteiger partial charge in [0.2, 0.25) is 0 Å². The van der Waals surface area contributed by atoms with E-state index in [0.717, 1.165) is 24.2 Å². The fourth-order valence-electron chi connectivity index (χ4n) is 3.97. The molecule has 3 aromatic heterocycles. The highest BCUT2D eigenvalue weighted by atomic mass is 32.3. The normalized spacial score (nSPS) is 16.6. The Morgan fingerprint density at radius 2 is 2.03 bits per heavy atom. The highest BCUT2D eigenvalue weighted by Crippen LogP contribution is 2.51. The number of methoxy groups -OCH3 is 1. The molecule has 4 heterocycles. The van der Waals surface area contributed by atoms with Gasteiger partial charge in [-0.05, 0) is 42.7 Å². The van der Waals surface area contributed by atoms with Crippen LogP contribution in [0.4, 0.5) is 5.82 Å². The lowest BCUT2D eigenvalue weighted by Crippen LogP contribution is -2.35. The van der Waals surface area contributed by atoms with Gasteiger partial charge in [-0.25, -0.2) is 4.98 Å². The highest BCUT2D eigenvalue weighted by Gasteiger charge is 2.31. The fourth-order valence-corrected chi connectivity index (χ4v) is 5.62. The second-order valence-electron chi connectivity index (χ2n) is 7.83. The second kappa shape index (κ2) is 8.50. The molecule has 0 saturated carbocycles. The fraction of sp³-hybridized carbons (Fsp3) is 0.273. The van der Waals surface area contributed by atoms with E-state index in [1.807, 2.05) is 24.3 Å². The lowest BCUT2D eigenvalue weighted by molar-refractivity contribution is 0.414. The first-order valence-corrected chi connectivity index (χ1v) is 12.2. The molecule has 4 N–H and O–H groups in total. The Hall–Kier alpha value is -3.41. The van der Waals surface area contributed by atoms with Crippen molar-refractivity contribution in [3.63, 3.8) is 0 Å². The smallest absolute Gasteiger partial charge is 0.184 e. The van der Waals surface area contributed by atoms with Gasteiger partial charge in [-0.15, -0.1) is 21.0 Å². The predicted molar refractivity (Wildman–Crippen MR) is 127 cm³/mol. The van der Waals surface area contributed by atoms with Crippen molar-refractivity contribution >= 4 is 27.5 Å². The molecule has 11 heteroatoms. The second-order valence-corrected chi connectivity index (χ2v) is 9.94. The van der Waals surface area contributed by atoms with Gasteiger partial charge < -0.3 is 14.8 Å². The number of nitrogens with zero attached hydrogens (tertiary/aromatic N) is 5. The number of benzene rings is 1. The molecular weight excluding hydrogens is 444 g/mol. The van der Waals surface area contributed by atoms with E-state index < -0.39 is 10.8 Å². The van der Waals surface area contributed by atoms with Crippen molar-refractivity contribution < 1.29 is 18.9 Å². The summed E-state index contributed by atoms with van der Waals surface area (Å²) in [5.41, 5.74) is 1.45. The first-order chi connectivity index (χ1) is 16.0. The van der Waals surface area contributed by atoms with Crippen molar-refractivity contribution in [2.24, 2.45) is 0 Å². The van der Waals surface area contributed by atoms with Gasteiger partial charge in [-0.1, -0.05) is 12.1 Å². The number of nitrogens with one attached hydrogen (secondary N) is 1. The molecule has 0 unspecified atom stereocenters. The number of aromatic hydroxyl groups is 1. The average molecular weight is 469 g/mol. The van der Waals surface area contributed by atoms with Crippen LogP contribution in [-0.4, -0.2) is 58.8 Å². The third-order valence-corrected chi connectivity index (χ3v) is 7.49. The van der Waals surface area contributed by atoms with E-state index in [4.69, 9.17) is 4.74 Å². The molecule has 10 nitrogen and oxygen atoms in total. The number of pyridine rings is 2. The number of fused-ring (bicyclic) bond motifs is 1. The molecule has 4 aromatic rings. The molecule has 1 aliphatic heterocycles. The molecule has 0 spiro atoms. The van der Waals surface area contributed by atoms with Crippen LogP contribution < -0.4 is 9.04 Å². The first kappa shape index (κ1) is 21.4. The first-order valence-electron chi connectivity index (χ1n) is 10.5. The number of aromatic nitrogens is 5. The monoisotopic (exact) mass is 468 g/mol. The SMILES string of the molecule is COc1cccc(Cc2nnc(-c3nc(N4CCCCS4(O)O)c4cccnc4c3O)[nH]2)c1. The topological polar surface area (TPSA) is 141 Å². The van der Waals surface area contributed by atoms with Crippen LogP contribution >= 0.6 is 10.8 Å². The van der Waals surface area contributed by atoms with E-state index in [1.54, 1.807) is 25.4 Å². The number of ether oxygens (including phenoxy) is 1. The maximum absolute atomic E-state index is 11.0. The van der Waals surface area contributed by atoms with Crippen molar-refractivity contribution in [2.45, 2.75) is 19.3 Å². The zero-order valence-corrected chi connectivity index (χ0v) is 18.8. The van der Waals surface area contributed by atoms with Crippen LogP contribution in [0.2, 0.25) is 0 Å². The summed E-state index contributed by atoms with van der Waals surface area (Å²) < 4.78 is 28.2. The maximum Gasteiger partial charge on any atom is 0.184 e. The maximum atomic E-state index is 11.0. The highest BCUT2D eigenvalue weighted by molar-refractivity contribution is 8.25. The molecule has 0 aliphatic carbocycles. The molecule has 0 bridgehead atoms. The van der Waals surface area contributed by atoms with E-state index in [9.17, 15) is 14.2 Å². The van der Waals surface area contributed by atoms with Gasteiger partial charge in [0.05, 0.1) is 12.9 Å². The summed E-state index contributed by atoms with van der Waals surface area (Å²) in [6, 6.07) is 11.1.